The van der Waals surface area contributed by atoms with Crippen molar-refractivity contribution in [2.75, 3.05) is 0 Å². The van der Waals surface area contributed by atoms with Crippen LogP contribution in [0.4, 0.5) is 0 Å². The average Bonchev–Trinajstić information content (AvgIpc) is 3.45. The number of benzene rings is 2. The quantitative estimate of drug-likeness (QED) is 0.509. The van der Waals surface area contributed by atoms with Crippen molar-refractivity contribution in [1.29, 1.82) is 0 Å². The largest absolute Gasteiger partial charge is 0.345 e. The van der Waals surface area contributed by atoms with Gasteiger partial charge in [-0.3, -0.25) is 9.89 Å². The van der Waals surface area contributed by atoms with Gasteiger partial charge in [-0.25, -0.2) is 9.97 Å². The Morgan fingerprint density at radius 3 is 2.90 bits per heavy atom. The Balaban J connectivity index is 1.36. The first-order valence-electron chi connectivity index (χ1n) is 10.8. The number of para-hydroxylation sites is 3. The fourth-order valence-electron chi connectivity index (χ4n) is 4.77. The Labute approximate surface area is 180 Å². The zero-order chi connectivity index (χ0) is 20.6. The summed E-state index contributed by atoms with van der Waals surface area (Å²) in [6, 6.07) is 15.2. The van der Waals surface area contributed by atoms with Gasteiger partial charge in [0.2, 0.25) is 0 Å². The summed E-state index contributed by atoms with van der Waals surface area (Å²) < 4.78 is 0. The van der Waals surface area contributed by atoms with Crippen molar-refractivity contribution in [2.24, 2.45) is 4.99 Å². The molecule has 2 atom stereocenters. The summed E-state index contributed by atoms with van der Waals surface area (Å²) in [6.45, 7) is 1.56. The zero-order valence-electron chi connectivity index (χ0n) is 17.2. The second kappa shape index (κ2) is 7.63. The fourth-order valence-corrected chi connectivity index (χ4v) is 4.77. The molecule has 2 aromatic heterocycles. The summed E-state index contributed by atoms with van der Waals surface area (Å²) in [7, 11) is 0. The molecular formula is C25H24N6. The standard InChI is InChI=1S/C25H24N6/c1-2-8-22-21(7-1)29-24(30-22)15-31(14-18-5-3-9-23-25(18)28-16-27-23)19-10-11-20-17(13-19)6-4-12-26-20/h1-9,12-13,16,19-20H,10-11,14-15H2,(H,27,28)(H,29,30). The number of nitrogens with zero attached hydrogens (tertiary/aromatic N) is 4. The molecule has 3 heterocycles. The maximum atomic E-state index is 4.85. The van der Waals surface area contributed by atoms with Gasteiger partial charge in [0.15, 0.2) is 0 Å². The molecule has 0 spiro atoms. The van der Waals surface area contributed by atoms with E-state index in [1.807, 2.05) is 24.4 Å². The number of H-pyrrole nitrogens is 2. The number of dihydropyridines is 1. The predicted molar refractivity (Wildman–Crippen MR) is 124 cm³/mol. The Bertz CT molecular complexity index is 1290. The first-order chi connectivity index (χ1) is 15.3. The van der Waals surface area contributed by atoms with Gasteiger partial charge in [-0.1, -0.05) is 36.4 Å². The molecule has 1 aliphatic carbocycles. The summed E-state index contributed by atoms with van der Waals surface area (Å²) >= 11 is 0. The van der Waals surface area contributed by atoms with E-state index in [1.165, 1.54) is 11.1 Å². The van der Waals surface area contributed by atoms with Gasteiger partial charge in [0, 0.05) is 18.8 Å². The number of aromatic nitrogens is 4. The van der Waals surface area contributed by atoms with Crippen molar-refractivity contribution in [3.8, 4) is 0 Å². The van der Waals surface area contributed by atoms with Gasteiger partial charge in [-0.15, -0.1) is 0 Å². The highest BCUT2D eigenvalue weighted by Gasteiger charge is 2.27. The summed E-state index contributed by atoms with van der Waals surface area (Å²) in [6.07, 6.45) is 12.5. The molecule has 6 nitrogen and oxygen atoms in total. The molecule has 4 aromatic rings. The lowest BCUT2D eigenvalue weighted by Crippen LogP contribution is -2.37. The zero-order valence-corrected chi connectivity index (χ0v) is 17.2. The number of hydrogen-bond donors (Lipinski definition) is 2. The van der Waals surface area contributed by atoms with Crippen molar-refractivity contribution in [3.05, 3.63) is 84.0 Å². The highest BCUT2D eigenvalue weighted by atomic mass is 15.2. The van der Waals surface area contributed by atoms with E-state index in [9.17, 15) is 0 Å². The van der Waals surface area contributed by atoms with Crippen LogP contribution in [0.15, 0.2) is 77.6 Å². The van der Waals surface area contributed by atoms with Crippen LogP contribution in [0.3, 0.4) is 0 Å². The van der Waals surface area contributed by atoms with Crippen molar-refractivity contribution in [2.45, 2.75) is 38.0 Å². The van der Waals surface area contributed by atoms with E-state index in [4.69, 9.17) is 4.98 Å². The van der Waals surface area contributed by atoms with E-state index in [1.54, 1.807) is 6.33 Å². The highest BCUT2D eigenvalue weighted by Crippen LogP contribution is 2.29. The molecule has 2 N–H and O–H groups in total. The summed E-state index contributed by atoms with van der Waals surface area (Å²) in [4.78, 5) is 23.3. The highest BCUT2D eigenvalue weighted by molar-refractivity contribution is 5.78. The van der Waals surface area contributed by atoms with Crippen LogP contribution in [0.5, 0.6) is 0 Å². The lowest BCUT2D eigenvalue weighted by Gasteiger charge is -2.34. The predicted octanol–water partition coefficient (Wildman–Crippen LogP) is 4.54. The molecule has 1 aliphatic heterocycles. The summed E-state index contributed by atoms with van der Waals surface area (Å²) in [5.41, 5.74) is 6.77. The van der Waals surface area contributed by atoms with E-state index in [0.717, 1.165) is 53.8 Å². The smallest absolute Gasteiger partial charge is 0.121 e. The molecule has 0 bridgehead atoms. The third kappa shape index (κ3) is 3.49. The third-order valence-corrected chi connectivity index (χ3v) is 6.31. The lowest BCUT2D eigenvalue weighted by atomic mass is 9.89. The van der Waals surface area contributed by atoms with Crippen molar-refractivity contribution in [3.63, 3.8) is 0 Å². The topological polar surface area (TPSA) is 73.0 Å². The normalized spacial score (nSPS) is 20.5. The van der Waals surface area contributed by atoms with Gasteiger partial charge < -0.3 is 9.97 Å². The van der Waals surface area contributed by atoms with Crippen LogP contribution in [0.1, 0.15) is 24.2 Å². The number of fused-ring (bicyclic) bond motifs is 3. The maximum Gasteiger partial charge on any atom is 0.121 e. The number of hydrogen-bond acceptors (Lipinski definition) is 4. The molecule has 0 amide bonds. The first kappa shape index (κ1) is 18.3. The maximum absolute atomic E-state index is 4.85. The molecule has 6 rings (SSSR count). The number of imidazole rings is 2. The second-order valence-corrected chi connectivity index (χ2v) is 8.31. The average molecular weight is 409 g/mol. The Hall–Kier alpha value is -3.51. The SMILES string of the molecule is C1=CC2=CC(N(Cc3nc4ccccc4[nH]3)Cc3cccc4[nH]cnc34)CCC2N=C1. The van der Waals surface area contributed by atoms with Gasteiger partial charge >= 0.3 is 0 Å². The summed E-state index contributed by atoms with van der Waals surface area (Å²) in [5, 5.41) is 0. The van der Waals surface area contributed by atoms with E-state index < -0.39 is 0 Å². The number of nitrogens with one attached hydrogen (secondary N) is 2. The molecule has 0 saturated carbocycles. The molecule has 31 heavy (non-hydrogen) atoms. The second-order valence-electron chi connectivity index (χ2n) is 8.31. The number of allylic oxidation sites excluding steroid dienone is 1. The monoisotopic (exact) mass is 408 g/mol. The van der Waals surface area contributed by atoms with Crippen LogP contribution in [-0.2, 0) is 13.1 Å². The molecule has 2 unspecified atom stereocenters. The van der Waals surface area contributed by atoms with Crippen LogP contribution in [0.25, 0.3) is 22.1 Å². The molecule has 0 radical (unpaired) electrons. The van der Waals surface area contributed by atoms with Crippen LogP contribution in [-0.4, -0.2) is 43.1 Å². The minimum atomic E-state index is 0.309. The Morgan fingerprint density at radius 1 is 1.00 bits per heavy atom. The van der Waals surface area contributed by atoms with Crippen LogP contribution in [0, 0.1) is 0 Å². The van der Waals surface area contributed by atoms with E-state index in [2.05, 4.69) is 67.3 Å². The Kier molecular flexibility index (Phi) is 4.50. The molecule has 0 saturated heterocycles. The minimum absolute atomic E-state index is 0.309. The summed E-state index contributed by atoms with van der Waals surface area (Å²) in [5.74, 6) is 0.994. The first-order valence-corrected chi connectivity index (χ1v) is 10.8. The minimum Gasteiger partial charge on any atom is -0.345 e. The van der Waals surface area contributed by atoms with Crippen molar-refractivity contribution >= 4 is 28.3 Å². The van der Waals surface area contributed by atoms with Crippen LogP contribution >= 0.6 is 0 Å². The number of aliphatic imine (C=N–C) groups is 1. The van der Waals surface area contributed by atoms with Gasteiger partial charge in [0.25, 0.3) is 0 Å². The molecule has 0 fully saturated rings. The molecule has 6 heteroatoms. The number of rotatable bonds is 5. The Morgan fingerprint density at radius 2 is 1.94 bits per heavy atom. The van der Waals surface area contributed by atoms with Crippen molar-refractivity contribution in [1.82, 2.24) is 24.8 Å². The fraction of sp³-hybridized carbons (Fsp3) is 0.240. The van der Waals surface area contributed by atoms with Gasteiger partial charge in [0.05, 0.1) is 41.0 Å². The van der Waals surface area contributed by atoms with Gasteiger partial charge in [0.1, 0.15) is 5.82 Å². The van der Waals surface area contributed by atoms with Gasteiger partial charge in [-0.2, -0.15) is 0 Å². The van der Waals surface area contributed by atoms with Crippen LogP contribution < -0.4 is 0 Å². The van der Waals surface area contributed by atoms with Crippen LogP contribution in [0.2, 0.25) is 0 Å². The lowest BCUT2D eigenvalue weighted by molar-refractivity contribution is 0.189. The third-order valence-electron chi connectivity index (χ3n) is 6.31. The van der Waals surface area contributed by atoms with E-state index in [-0.39, 0.29) is 0 Å². The molecule has 154 valence electrons. The molecule has 2 aromatic carbocycles. The molecule has 2 aliphatic rings. The molecular weight excluding hydrogens is 384 g/mol. The van der Waals surface area contributed by atoms with Crippen molar-refractivity contribution < 1.29 is 0 Å². The number of aromatic amines is 2. The van der Waals surface area contributed by atoms with Gasteiger partial charge in [-0.05, 0) is 48.3 Å². The van der Waals surface area contributed by atoms with E-state index in [0.29, 0.717) is 12.1 Å². The van der Waals surface area contributed by atoms with E-state index >= 15 is 0 Å².